The Balaban J connectivity index is 2.00. The summed E-state index contributed by atoms with van der Waals surface area (Å²) in [4.78, 5) is 0. The predicted molar refractivity (Wildman–Crippen MR) is 65.1 cm³/mol. The lowest BCUT2D eigenvalue weighted by molar-refractivity contribution is 0.253. The number of hydrogen-bond donors (Lipinski definition) is 2. The summed E-state index contributed by atoms with van der Waals surface area (Å²) < 4.78 is 0. The van der Waals surface area contributed by atoms with Crippen LogP contribution in [-0.4, -0.2) is 24.8 Å². The van der Waals surface area contributed by atoms with Crippen LogP contribution in [0.5, 0.6) is 0 Å². The van der Waals surface area contributed by atoms with Crippen molar-refractivity contribution in [1.82, 2.24) is 5.32 Å². The van der Waals surface area contributed by atoms with Crippen LogP contribution in [0.1, 0.15) is 5.56 Å². The Morgan fingerprint density at radius 1 is 1.38 bits per heavy atom. The van der Waals surface area contributed by atoms with Gasteiger partial charge >= 0.3 is 0 Å². The lowest BCUT2D eigenvalue weighted by Gasteiger charge is -2.15. The third-order valence-electron chi connectivity index (χ3n) is 4.14. The van der Waals surface area contributed by atoms with Crippen LogP contribution < -0.4 is 5.32 Å². The second-order valence-electron chi connectivity index (χ2n) is 4.70. The minimum absolute atomic E-state index is 0.100. The third kappa shape index (κ3) is 1.28. The van der Waals surface area contributed by atoms with Gasteiger partial charge in [-0.05, 0) is 36.1 Å². The largest absolute Gasteiger partial charge is 0.396 e. The van der Waals surface area contributed by atoms with Crippen molar-refractivity contribution in [2.24, 2.45) is 11.8 Å². The number of halogens is 2. The fourth-order valence-corrected chi connectivity index (χ4v) is 3.53. The van der Waals surface area contributed by atoms with Gasteiger partial charge in [0.1, 0.15) is 0 Å². The van der Waals surface area contributed by atoms with Crippen LogP contribution in [0.2, 0.25) is 10.0 Å². The molecule has 2 nitrogen and oxygen atoms in total. The van der Waals surface area contributed by atoms with E-state index in [1.54, 1.807) is 0 Å². The van der Waals surface area contributed by atoms with Crippen molar-refractivity contribution in [3.05, 3.63) is 33.8 Å². The molecular weight excluding hydrogens is 245 g/mol. The highest BCUT2D eigenvalue weighted by molar-refractivity contribution is 6.42. The minimum Gasteiger partial charge on any atom is -0.396 e. The first-order chi connectivity index (χ1) is 7.70. The first kappa shape index (κ1) is 10.8. The van der Waals surface area contributed by atoms with Crippen LogP contribution in [0.15, 0.2) is 18.2 Å². The topological polar surface area (TPSA) is 32.3 Å². The molecule has 3 atom stereocenters. The molecule has 0 amide bonds. The lowest BCUT2D eigenvalue weighted by atomic mass is 9.93. The van der Waals surface area contributed by atoms with Gasteiger partial charge in [-0.15, -0.1) is 0 Å². The maximum atomic E-state index is 9.38. The monoisotopic (exact) mass is 257 g/mol. The molecule has 2 aliphatic rings. The van der Waals surface area contributed by atoms with Crippen molar-refractivity contribution >= 4 is 23.2 Å². The summed E-state index contributed by atoms with van der Waals surface area (Å²) in [6.45, 7) is 2.18. The molecule has 1 aromatic rings. The van der Waals surface area contributed by atoms with Gasteiger partial charge in [-0.3, -0.25) is 0 Å². The van der Waals surface area contributed by atoms with E-state index in [2.05, 4.69) is 5.32 Å². The van der Waals surface area contributed by atoms with E-state index in [9.17, 15) is 5.11 Å². The zero-order chi connectivity index (χ0) is 11.3. The van der Waals surface area contributed by atoms with E-state index >= 15 is 0 Å². The molecule has 1 aliphatic carbocycles. The van der Waals surface area contributed by atoms with Gasteiger partial charge in [0.25, 0.3) is 0 Å². The Labute approximate surface area is 105 Å². The molecule has 1 saturated heterocycles. The molecular formula is C12H13Cl2NO. The van der Waals surface area contributed by atoms with E-state index in [4.69, 9.17) is 23.2 Å². The lowest BCUT2D eigenvalue weighted by Crippen LogP contribution is -2.24. The zero-order valence-electron chi connectivity index (χ0n) is 8.71. The number of piperidine rings is 1. The summed E-state index contributed by atoms with van der Waals surface area (Å²) in [6.07, 6.45) is 0. The van der Waals surface area contributed by atoms with Crippen LogP contribution in [0.4, 0.5) is 0 Å². The van der Waals surface area contributed by atoms with Gasteiger partial charge in [-0.2, -0.15) is 0 Å². The van der Waals surface area contributed by atoms with Crippen LogP contribution in [0.25, 0.3) is 0 Å². The number of rotatable bonds is 2. The summed E-state index contributed by atoms with van der Waals surface area (Å²) >= 11 is 12.0. The fourth-order valence-electron chi connectivity index (χ4n) is 3.23. The van der Waals surface area contributed by atoms with Gasteiger partial charge in [0.2, 0.25) is 0 Å². The highest BCUT2D eigenvalue weighted by atomic mass is 35.5. The number of aliphatic hydroxyl groups is 1. The Bertz CT molecular complexity index is 431. The normalized spacial score (nSPS) is 36.2. The molecule has 0 spiro atoms. The van der Waals surface area contributed by atoms with Crippen LogP contribution in [0, 0.1) is 11.8 Å². The molecule has 16 heavy (non-hydrogen) atoms. The molecule has 0 radical (unpaired) electrons. The smallest absolute Gasteiger partial charge is 0.0595 e. The summed E-state index contributed by atoms with van der Waals surface area (Å²) in [7, 11) is 0. The first-order valence-corrected chi connectivity index (χ1v) is 6.23. The maximum absolute atomic E-state index is 9.38. The Hall–Kier alpha value is -0.280. The van der Waals surface area contributed by atoms with E-state index in [1.807, 2.05) is 18.2 Å². The van der Waals surface area contributed by atoms with Gasteiger partial charge < -0.3 is 10.4 Å². The Kier molecular flexibility index (Phi) is 2.44. The molecule has 2 fully saturated rings. The highest BCUT2D eigenvalue weighted by Crippen LogP contribution is 2.61. The number of aliphatic hydroxyl groups excluding tert-OH is 1. The summed E-state index contributed by atoms with van der Waals surface area (Å²) in [5, 5.41) is 13.9. The van der Waals surface area contributed by atoms with Gasteiger partial charge in [-0.1, -0.05) is 29.3 Å². The van der Waals surface area contributed by atoms with Crippen LogP contribution >= 0.6 is 23.2 Å². The SMILES string of the molecule is OC[C@H]1[C@@H]2CNC[C@]12c1ccc(Cl)c(Cl)c1. The van der Waals surface area contributed by atoms with E-state index in [0.717, 1.165) is 13.1 Å². The molecule has 4 heteroatoms. The second kappa shape index (κ2) is 3.61. The van der Waals surface area contributed by atoms with Crippen molar-refractivity contribution in [2.75, 3.05) is 19.7 Å². The molecule has 1 heterocycles. The van der Waals surface area contributed by atoms with Gasteiger partial charge in [0.05, 0.1) is 10.0 Å². The van der Waals surface area contributed by atoms with Crippen molar-refractivity contribution in [2.45, 2.75) is 5.41 Å². The first-order valence-electron chi connectivity index (χ1n) is 5.47. The van der Waals surface area contributed by atoms with Crippen molar-refractivity contribution in [3.63, 3.8) is 0 Å². The molecule has 0 aromatic heterocycles. The summed E-state index contributed by atoms with van der Waals surface area (Å²) in [5.74, 6) is 0.931. The molecule has 3 rings (SSSR count). The van der Waals surface area contributed by atoms with E-state index in [1.165, 1.54) is 5.56 Å². The fraction of sp³-hybridized carbons (Fsp3) is 0.500. The number of fused-ring (bicyclic) bond motifs is 1. The standard InChI is InChI=1S/C12H13Cl2NO/c13-10-2-1-7(3-11(10)14)12-6-15-4-8(12)9(12)5-16/h1-3,8-9,15-16H,4-6H2/t8-,9-,12+/m0/s1. The van der Waals surface area contributed by atoms with E-state index in [0.29, 0.717) is 21.9 Å². The Morgan fingerprint density at radius 3 is 2.81 bits per heavy atom. The zero-order valence-corrected chi connectivity index (χ0v) is 10.2. The maximum Gasteiger partial charge on any atom is 0.0595 e. The number of hydrogen-bond acceptors (Lipinski definition) is 2. The van der Waals surface area contributed by atoms with Crippen LogP contribution in [0.3, 0.4) is 0 Å². The molecule has 0 bridgehead atoms. The molecule has 2 N–H and O–H groups in total. The molecule has 1 saturated carbocycles. The number of nitrogens with one attached hydrogen (secondary N) is 1. The Morgan fingerprint density at radius 2 is 2.19 bits per heavy atom. The third-order valence-corrected chi connectivity index (χ3v) is 4.87. The van der Waals surface area contributed by atoms with Crippen molar-refractivity contribution in [1.29, 1.82) is 0 Å². The molecule has 1 aliphatic heterocycles. The van der Waals surface area contributed by atoms with Crippen molar-refractivity contribution in [3.8, 4) is 0 Å². The predicted octanol–water partition coefficient (Wildman–Crippen LogP) is 2.07. The van der Waals surface area contributed by atoms with Gasteiger partial charge in [0.15, 0.2) is 0 Å². The highest BCUT2D eigenvalue weighted by Gasteiger charge is 2.67. The number of benzene rings is 1. The van der Waals surface area contributed by atoms with E-state index in [-0.39, 0.29) is 12.0 Å². The second-order valence-corrected chi connectivity index (χ2v) is 5.51. The summed E-state index contributed by atoms with van der Waals surface area (Å²) in [6, 6.07) is 5.82. The summed E-state index contributed by atoms with van der Waals surface area (Å²) in [5.41, 5.74) is 1.30. The van der Waals surface area contributed by atoms with Gasteiger partial charge in [-0.25, -0.2) is 0 Å². The van der Waals surface area contributed by atoms with Crippen molar-refractivity contribution < 1.29 is 5.11 Å². The van der Waals surface area contributed by atoms with E-state index < -0.39 is 0 Å². The average molecular weight is 258 g/mol. The molecule has 86 valence electrons. The van der Waals surface area contributed by atoms with Gasteiger partial charge in [0, 0.05) is 18.6 Å². The molecule has 0 unspecified atom stereocenters. The molecule has 1 aromatic carbocycles. The minimum atomic E-state index is 0.100. The quantitative estimate of drug-likeness (QED) is 0.851. The van der Waals surface area contributed by atoms with Crippen LogP contribution in [-0.2, 0) is 5.41 Å². The average Bonchev–Trinajstić information content (AvgIpc) is 2.69.